The van der Waals surface area contributed by atoms with Crippen LogP contribution in [0.15, 0.2) is 29.3 Å². The Balaban J connectivity index is 2.16. The summed E-state index contributed by atoms with van der Waals surface area (Å²) in [5.74, 6) is -3.26. The number of carbonyl (C=O) groups excluding carboxylic acids is 2. The second-order valence-corrected chi connectivity index (χ2v) is 5.49. The summed E-state index contributed by atoms with van der Waals surface area (Å²) in [5, 5.41) is 7.33. The fraction of sp³-hybridized carbons (Fsp3) is 0.250. The van der Waals surface area contributed by atoms with Gasteiger partial charge in [0.2, 0.25) is 0 Å². The van der Waals surface area contributed by atoms with Gasteiger partial charge in [-0.1, -0.05) is 5.21 Å². The molecule has 0 fully saturated rings. The molecular formula is C16H13F2N5O4. The molecule has 3 aromatic rings. The van der Waals surface area contributed by atoms with Crippen molar-refractivity contribution >= 4 is 22.9 Å². The molecule has 1 aromatic carbocycles. The van der Waals surface area contributed by atoms with Crippen LogP contribution in [-0.2, 0) is 14.3 Å². The number of hydrogen-bond donors (Lipinski definition) is 0. The van der Waals surface area contributed by atoms with E-state index in [1.807, 2.05) is 0 Å². The first-order chi connectivity index (χ1) is 12.8. The molecule has 0 amide bonds. The van der Waals surface area contributed by atoms with E-state index in [0.717, 1.165) is 34.6 Å². The number of rotatable bonds is 5. The van der Waals surface area contributed by atoms with Crippen molar-refractivity contribution in [3.63, 3.8) is 0 Å². The highest BCUT2D eigenvalue weighted by atomic mass is 19.1. The van der Waals surface area contributed by atoms with Gasteiger partial charge in [0.15, 0.2) is 28.8 Å². The highest BCUT2D eigenvalue weighted by Gasteiger charge is 2.29. The van der Waals surface area contributed by atoms with Crippen LogP contribution >= 0.6 is 0 Å². The van der Waals surface area contributed by atoms with Gasteiger partial charge < -0.3 is 4.74 Å². The monoisotopic (exact) mass is 377 g/mol. The highest BCUT2D eigenvalue weighted by Crippen LogP contribution is 2.17. The van der Waals surface area contributed by atoms with Crippen molar-refractivity contribution in [1.29, 1.82) is 0 Å². The van der Waals surface area contributed by atoms with Gasteiger partial charge in [-0.2, -0.15) is 4.68 Å². The van der Waals surface area contributed by atoms with E-state index in [1.54, 1.807) is 6.92 Å². The fourth-order valence-corrected chi connectivity index (χ4v) is 2.52. The van der Waals surface area contributed by atoms with Crippen LogP contribution in [0, 0.1) is 11.6 Å². The Bertz CT molecular complexity index is 1110. The highest BCUT2D eigenvalue weighted by molar-refractivity contribution is 6.00. The number of ether oxygens (including phenoxy) is 1. The molecule has 0 aliphatic carbocycles. The molecule has 9 nitrogen and oxygen atoms in total. The zero-order chi connectivity index (χ0) is 19.7. The third-order valence-corrected chi connectivity index (χ3v) is 3.70. The van der Waals surface area contributed by atoms with Gasteiger partial charge in [-0.05, 0) is 26.0 Å². The minimum absolute atomic E-state index is 0.0209. The summed E-state index contributed by atoms with van der Waals surface area (Å²) >= 11 is 0. The number of ketones is 1. The van der Waals surface area contributed by atoms with Crippen LogP contribution in [0.1, 0.15) is 19.9 Å². The Labute approximate surface area is 150 Å². The number of aromatic nitrogens is 5. The van der Waals surface area contributed by atoms with Gasteiger partial charge in [-0.25, -0.2) is 18.6 Å². The number of esters is 1. The van der Waals surface area contributed by atoms with Crippen molar-refractivity contribution in [2.75, 3.05) is 6.61 Å². The lowest BCUT2D eigenvalue weighted by molar-refractivity contribution is -0.150. The number of Topliss-reactive ketones (excluding diaryl/α,β-unsaturated/α-hetero) is 1. The van der Waals surface area contributed by atoms with E-state index >= 15 is 0 Å². The predicted molar refractivity (Wildman–Crippen MR) is 87.2 cm³/mol. The molecule has 2 aromatic heterocycles. The molecule has 0 bridgehead atoms. The number of nitrogens with zero attached hydrogens (tertiary/aromatic N) is 5. The quantitative estimate of drug-likeness (QED) is 0.481. The van der Waals surface area contributed by atoms with Crippen molar-refractivity contribution in [2.45, 2.75) is 19.9 Å². The smallest absolute Gasteiger partial charge is 0.337 e. The molecule has 0 aliphatic rings. The minimum atomic E-state index is -1.53. The van der Waals surface area contributed by atoms with Gasteiger partial charge in [0.05, 0.1) is 6.61 Å². The lowest BCUT2D eigenvalue weighted by atomic mass is 10.2. The Hall–Kier alpha value is -3.50. The van der Waals surface area contributed by atoms with E-state index in [4.69, 9.17) is 4.74 Å². The predicted octanol–water partition coefficient (Wildman–Crippen LogP) is 0.949. The summed E-state index contributed by atoms with van der Waals surface area (Å²) < 4.78 is 33.6. The molecule has 0 saturated heterocycles. The van der Waals surface area contributed by atoms with Crippen molar-refractivity contribution in [3.05, 3.63) is 46.5 Å². The largest absolute Gasteiger partial charge is 0.464 e. The lowest BCUT2D eigenvalue weighted by Crippen LogP contribution is -2.35. The molecule has 1 unspecified atom stereocenters. The first-order valence-electron chi connectivity index (χ1n) is 7.80. The first-order valence-corrected chi connectivity index (χ1v) is 7.80. The van der Waals surface area contributed by atoms with Crippen LogP contribution in [0.3, 0.4) is 0 Å². The molecule has 2 heterocycles. The molecule has 0 saturated carbocycles. The van der Waals surface area contributed by atoms with E-state index in [-0.39, 0.29) is 23.5 Å². The summed E-state index contributed by atoms with van der Waals surface area (Å²) in [7, 11) is 0. The van der Waals surface area contributed by atoms with Crippen LogP contribution < -0.4 is 5.56 Å². The van der Waals surface area contributed by atoms with Crippen molar-refractivity contribution in [1.82, 2.24) is 24.5 Å². The molecule has 0 N–H and O–H groups in total. The maximum absolute atomic E-state index is 14.0. The maximum Gasteiger partial charge on any atom is 0.337 e. The van der Waals surface area contributed by atoms with Gasteiger partial charge in [-0.3, -0.25) is 14.2 Å². The number of fused-ring (bicyclic) bond motifs is 1. The SMILES string of the molecule is CCOC(=O)C(C(C)=O)n1cnc2c(nnn2-c2ccc(F)cc2F)c1=O. The number of halogens is 2. The van der Waals surface area contributed by atoms with E-state index in [9.17, 15) is 23.2 Å². The third-order valence-electron chi connectivity index (χ3n) is 3.70. The molecule has 0 aliphatic heterocycles. The standard InChI is InChI=1S/C16H13F2N5O4/c1-3-27-16(26)13(8(2)24)22-7-19-14-12(15(22)25)20-21-23(14)11-5-4-9(17)6-10(11)18/h4-7,13H,3H2,1-2H3. The number of carbonyl (C=O) groups is 2. The molecule has 0 radical (unpaired) electrons. The van der Waals surface area contributed by atoms with Crippen LogP contribution in [0.25, 0.3) is 16.9 Å². The van der Waals surface area contributed by atoms with Gasteiger partial charge >= 0.3 is 5.97 Å². The average molecular weight is 377 g/mol. The van der Waals surface area contributed by atoms with Crippen LogP contribution in [0.4, 0.5) is 8.78 Å². The Kier molecular flexibility index (Phi) is 4.75. The first kappa shape index (κ1) is 18.3. The summed E-state index contributed by atoms with van der Waals surface area (Å²) in [6, 6.07) is 1.25. The average Bonchev–Trinajstić information content (AvgIpc) is 3.02. The molecule has 140 valence electrons. The molecule has 1 atom stereocenters. The molecule has 3 rings (SSSR count). The molecular weight excluding hydrogens is 364 g/mol. The third kappa shape index (κ3) is 3.18. The van der Waals surface area contributed by atoms with E-state index in [1.165, 1.54) is 0 Å². The zero-order valence-electron chi connectivity index (χ0n) is 14.2. The van der Waals surface area contributed by atoms with Crippen LogP contribution in [0.2, 0.25) is 0 Å². The van der Waals surface area contributed by atoms with Crippen LogP contribution in [-0.4, -0.2) is 42.9 Å². The molecule has 0 spiro atoms. The number of benzene rings is 1. The van der Waals surface area contributed by atoms with Crippen molar-refractivity contribution < 1.29 is 23.1 Å². The van der Waals surface area contributed by atoms with Gasteiger partial charge in [-0.15, -0.1) is 5.10 Å². The van der Waals surface area contributed by atoms with Gasteiger partial charge in [0.25, 0.3) is 5.56 Å². The van der Waals surface area contributed by atoms with Crippen LogP contribution in [0.5, 0.6) is 0 Å². The van der Waals surface area contributed by atoms with Crippen molar-refractivity contribution in [3.8, 4) is 5.69 Å². The summed E-state index contributed by atoms with van der Waals surface area (Å²) in [4.78, 5) is 40.5. The lowest BCUT2D eigenvalue weighted by Gasteiger charge is -2.14. The zero-order valence-corrected chi connectivity index (χ0v) is 14.2. The van der Waals surface area contributed by atoms with Gasteiger partial charge in [0, 0.05) is 6.07 Å². The molecule has 11 heteroatoms. The topological polar surface area (TPSA) is 109 Å². The minimum Gasteiger partial charge on any atom is -0.464 e. The normalized spacial score (nSPS) is 12.1. The second kappa shape index (κ2) is 7.02. The molecule has 27 heavy (non-hydrogen) atoms. The van der Waals surface area contributed by atoms with E-state index in [2.05, 4.69) is 15.3 Å². The summed E-state index contributed by atoms with van der Waals surface area (Å²) in [6.07, 6.45) is 0.953. The Morgan fingerprint density at radius 2 is 2.04 bits per heavy atom. The fourth-order valence-electron chi connectivity index (χ4n) is 2.52. The van der Waals surface area contributed by atoms with Crippen molar-refractivity contribution in [2.24, 2.45) is 0 Å². The van der Waals surface area contributed by atoms with E-state index in [0.29, 0.717) is 6.07 Å². The van der Waals surface area contributed by atoms with Gasteiger partial charge in [0.1, 0.15) is 17.8 Å². The second-order valence-electron chi connectivity index (χ2n) is 5.49. The summed E-state index contributed by atoms with van der Waals surface area (Å²) in [6.45, 7) is 2.71. The summed E-state index contributed by atoms with van der Waals surface area (Å²) in [5.41, 5.74) is -1.41. The van der Waals surface area contributed by atoms with E-state index < -0.39 is 35.0 Å². The maximum atomic E-state index is 14.0. The Morgan fingerprint density at radius 1 is 1.30 bits per heavy atom. The Morgan fingerprint density at radius 3 is 2.67 bits per heavy atom. The number of hydrogen-bond acceptors (Lipinski definition) is 7.